The first-order chi connectivity index (χ1) is 13.7. The molecule has 0 radical (unpaired) electrons. The molecule has 3 heteroatoms. The first-order valence-corrected chi connectivity index (χ1v) is 9.89. The van der Waals surface area contributed by atoms with E-state index in [1.54, 1.807) is 12.2 Å². The van der Waals surface area contributed by atoms with Gasteiger partial charge in [0, 0.05) is 12.8 Å². The minimum Gasteiger partial charge on any atom is -0.489 e. The normalized spacial score (nSPS) is 10.3. The van der Waals surface area contributed by atoms with Gasteiger partial charge < -0.3 is 9.47 Å². The van der Waals surface area contributed by atoms with Gasteiger partial charge in [-0.25, -0.2) is 0 Å². The smallest absolute Gasteiger partial charge is 0.132 e. The molecular weight excluding hydrogens is 348 g/mol. The molecule has 0 aliphatic heterocycles. The summed E-state index contributed by atoms with van der Waals surface area (Å²) in [4.78, 5) is 12.2. The Kier molecular flexibility index (Phi) is 9.64. The predicted molar refractivity (Wildman–Crippen MR) is 115 cm³/mol. The topological polar surface area (TPSA) is 35.5 Å². The number of Topliss-reactive ketones (excluding diaryl/α,β-unsaturated/α-hetero) is 1. The molecule has 0 aliphatic carbocycles. The lowest BCUT2D eigenvalue weighted by Gasteiger charge is -2.10. The summed E-state index contributed by atoms with van der Waals surface area (Å²) in [6, 6.07) is 16.0. The molecule has 0 unspecified atom stereocenters. The number of para-hydroxylation sites is 2. The molecule has 0 atom stereocenters. The van der Waals surface area contributed by atoms with Crippen LogP contribution in [-0.2, 0) is 17.6 Å². The van der Waals surface area contributed by atoms with Crippen molar-refractivity contribution in [1.82, 2.24) is 0 Å². The van der Waals surface area contributed by atoms with E-state index < -0.39 is 0 Å². The Labute approximate surface area is 168 Å². The van der Waals surface area contributed by atoms with Crippen LogP contribution in [0.5, 0.6) is 11.5 Å². The van der Waals surface area contributed by atoms with E-state index in [1.807, 2.05) is 36.4 Å². The molecule has 0 spiro atoms. The third kappa shape index (κ3) is 7.43. The highest BCUT2D eigenvalue weighted by atomic mass is 16.5. The number of hydrogen-bond donors (Lipinski definition) is 0. The van der Waals surface area contributed by atoms with Crippen LogP contribution in [0.15, 0.2) is 73.8 Å². The van der Waals surface area contributed by atoms with E-state index in [9.17, 15) is 4.79 Å². The Hall–Kier alpha value is -2.81. The predicted octanol–water partition coefficient (Wildman–Crippen LogP) is 5.73. The van der Waals surface area contributed by atoms with Crippen LogP contribution in [0.25, 0.3) is 0 Å². The van der Waals surface area contributed by atoms with Gasteiger partial charge in [-0.15, -0.1) is 0 Å². The first-order valence-electron chi connectivity index (χ1n) is 9.89. The molecule has 0 saturated heterocycles. The van der Waals surface area contributed by atoms with Crippen molar-refractivity contribution in [2.75, 3.05) is 13.2 Å². The molecule has 0 saturated carbocycles. The lowest BCUT2D eigenvalue weighted by molar-refractivity contribution is -0.119. The van der Waals surface area contributed by atoms with Crippen LogP contribution in [0.4, 0.5) is 0 Å². The van der Waals surface area contributed by atoms with Gasteiger partial charge in [-0.2, -0.15) is 0 Å². The van der Waals surface area contributed by atoms with E-state index in [1.165, 1.54) is 0 Å². The molecule has 148 valence electrons. The zero-order chi connectivity index (χ0) is 20.0. The number of rotatable bonds is 14. The van der Waals surface area contributed by atoms with Crippen molar-refractivity contribution >= 4 is 5.78 Å². The highest BCUT2D eigenvalue weighted by Gasteiger charge is 2.07. The van der Waals surface area contributed by atoms with E-state index in [2.05, 4.69) is 25.3 Å². The standard InChI is InChI=1S/C25H30O3/c1-3-19-27-24-17-7-5-11-21(24)13-9-15-23(26)16-10-14-22-12-6-8-18-25(22)28-20-4-2/h3-8,11-12,17-18H,1-2,9-10,13-16,19-20H2. The quantitative estimate of drug-likeness (QED) is 0.394. The van der Waals surface area contributed by atoms with Crippen molar-refractivity contribution < 1.29 is 14.3 Å². The second kappa shape index (κ2) is 12.6. The van der Waals surface area contributed by atoms with Crippen molar-refractivity contribution in [2.45, 2.75) is 38.5 Å². The van der Waals surface area contributed by atoms with Crippen molar-refractivity contribution in [3.8, 4) is 11.5 Å². The van der Waals surface area contributed by atoms with Crippen LogP contribution in [0.2, 0.25) is 0 Å². The van der Waals surface area contributed by atoms with E-state index in [4.69, 9.17) is 9.47 Å². The molecule has 2 rings (SSSR count). The summed E-state index contributed by atoms with van der Waals surface area (Å²) in [6.45, 7) is 8.35. The van der Waals surface area contributed by atoms with Crippen LogP contribution >= 0.6 is 0 Å². The summed E-state index contributed by atoms with van der Waals surface area (Å²) < 4.78 is 11.4. The van der Waals surface area contributed by atoms with Gasteiger partial charge in [0.15, 0.2) is 0 Å². The van der Waals surface area contributed by atoms with E-state index in [-0.39, 0.29) is 0 Å². The molecule has 3 nitrogen and oxygen atoms in total. The number of carbonyl (C=O) groups excluding carboxylic acids is 1. The van der Waals surface area contributed by atoms with Gasteiger partial charge >= 0.3 is 0 Å². The van der Waals surface area contributed by atoms with E-state index >= 15 is 0 Å². The first kappa shape index (κ1) is 21.5. The fourth-order valence-electron chi connectivity index (χ4n) is 3.08. The summed E-state index contributed by atoms with van der Waals surface area (Å²) in [5.41, 5.74) is 2.29. The van der Waals surface area contributed by atoms with Crippen molar-refractivity contribution in [3.05, 3.63) is 85.0 Å². The molecule has 0 heterocycles. The maximum absolute atomic E-state index is 12.2. The van der Waals surface area contributed by atoms with Crippen LogP contribution in [0, 0.1) is 0 Å². The molecule has 2 aromatic carbocycles. The number of benzene rings is 2. The highest BCUT2D eigenvalue weighted by Crippen LogP contribution is 2.22. The van der Waals surface area contributed by atoms with Crippen LogP contribution in [0.3, 0.4) is 0 Å². The van der Waals surface area contributed by atoms with Gasteiger partial charge in [0.05, 0.1) is 0 Å². The number of hydrogen-bond acceptors (Lipinski definition) is 3. The van der Waals surface area contributed by atoms with Gasteiger partial charge in [0.2, 0.25) is 0 Å². The largest absolute Gasteiger partial charge is 0.489 e. The van der Waals surface area contributed by atoms with Gasteiger partial charge in [0.1, 0.15) is 30.5 Å². The summed E-state index contributed by atoms with van der Waals surface area (Å²) in [7, 11) is 0. The third-order valence-corrected chi connectivity index (χ3v) is 4.46. The maximum Gasteiger partial charge on any atom is 0.132 e. The second-order valence-corrected chi connectivity index (χ2v) is 6.66. The highest BCUT2D eigenvalue weighted by molar-refractivity contribution is 5.78. The zero-order valence-corrected chi connectivity index (χ0v) is 16.6. The minimum absolute atomic E-state index is 0.314. The average molecular weight is 379 g/mol. The van der Waals surface area contributed by atoms with Gasteiger partial charge in [-0.1, -0.05) is 61.7 Å². The molecule has 0 fully saturated rings. The third-order valence-electron chi connectivity index (χ3n) is 4.46. The SMILES string of the molecule is C=CCOc1ccccc1CCCC(=O)CCCc1ccccc1OCC=C. The summed E-state index contributed by atoms with van der Waals surface area (Å²) >= 11 is 0. The molecule has 2 aromatic rings. The fraction of sp³-hybridized carbons (Fsp3) is 0.320. The summed E-state index contributed by atoms with van der Waals surface area (Å²) in [5, 5.41) is 0. The van der Waals surface area contributed by atoms with E-state index in [0.717, 1.165) is 48.3 Å². The van der Waals surface area contributed by atoms with Gasteiger partial charge in [-0.3, -0.25) is 4.79 Å². The Morgan fingerprint density at radius 1 is 0.750 bits per heavy atom. The Morgan fingerprint density at radius 3 is 1.61 bits per heavy atom. The van der Waals surface area contributed by atoms with Crippen LogP contribution in [-0.4, -0.2) is 19.0 Å². The van der Waals surface area contributed by atoms with Gasteiger partial charge in [-0.05, 0) is 48.9 Å². The molecular formula is C25H30O3. The zero-order valence-electron chi connectivity index (χ0n) is 16.6. The molecule has 0 amide bonds. The molecule has 0 bridgehead atoms. The van der Waals surface area contributed by atoms with Crippen LogP contribution < -0.4 is 9.47 Å². The Morgan fingerprint density at radius 2 is 1.18 bits per heavy atom. The Balaban J connectivity index is 1.73. The lowest BCUT2D eigenvalue weighted by Crippen LogP contribution is -2.02. The monoisotopic (exact) mass is 378 g/mol. The van der Waals surface area contributed by atoms with E-state index in [0.29, 0.717) is 31.8 Å². The summed E-state index contributed by atoms with van der Waals surface area (Å²) in [6.07, 6.45) is 8.05. The minimum atomic E-state index is 0.314. The number of aryl methyl sites for hydroxylation is 2. The lowest BCUT2D eigenvalue weighted by atomic mass is 10.0. The van der Waals surface area contributed by atoms with Crippen LogP contribution in [0.1, 0.15) is 36.8 Å². The van der Waals surface area contributed by atoms with Crippen molar-refractivity contribution in [1.29, 1.82) is 0 Å². The number of ketones is 1. The molecule has 28 heavy (non-hydrogen) atoms. The second-order valence-electron chi connectivity index (χ2n) is 6.66. The maximum atomic E-state index is 12.2. The number of ether oxygens (including phenoxy) is 2. The summed E-state index contributed by atoms with van der Waals surface area (Å²) in [5.74, 6) is 2.07. The number of carbonyl (C=O) groups is 1. The van der Waals surface area contributed by atoms with Gasteiger partial charge in [0.25, 0.3) is 0 Å². The molecule has 0 aliphatic rings. The Bertz CT molecular complexity index is 700. The fourth-order valence-corrected chi connectivity index (χ4v) is 3.08. The molecule has 0 N–H and O–H groups in total. The average Bonchev–Trinajstić information content (AvgIpc) is 2.72. The molecule has 0 aromatic heterocycles. The van der Waals surface area contributed by atoms with Crippen molar-refractivity contribution in [2.24, 2.45) is 0 Å². The van der Waals surface area contributed by atoms with Crippen molar-refractivity contribution in [3.63, 3.8) is 0 Å².